The number of carbonyl (C=O) groups is 3. The summed E-state index contributed by atoms with van der Waals surface area (Å²) < 4.78 is 0.594. The van der Waals surface area contributed by atoms with Gasteiger partial charge in [-0.1, -0.05) is 11.6 Å². The van der Waals surface area contributed by atoms with Crippen molar-refractivity contribution < 1.29 is 14.4 Å². The monoisotopic (exact) mass is 341 g/mol. The molecule has 2 aliphatic heterocycles. The summed E-state index contributed by atoms with van der Waals surface area (Å²) in [4.78, 5) is 38.1. The predicted molar refractivity (Wildman–Crippen MR) is 83.0 cm³/mol. The Bertz CT molecular complexity index is 639. The second-order valence-electron chi connectivity index (χ2n) is 5.78. The fourth-order valence-electron chi connectivity index (χ4n) is 3.09. The van der Waals surface area contributed by atoms with Crippen LogP contribution in [0.5, 0.6) is 0 Å². The van der Waals surface area contributed by atoms with Gasteiger partial charge in [-0.3, -0.25) is 14.9 Å². The van der Waals surface area contributed by atoms with Crippen LogP contribution < -0.4 is 10.6 Å². The van der Waals surface area contributed by atoms with Gasteiger partial charge in [-0.25, -0.2) is 4.79 Å². The van der Waals surface area contributed by atoms with E-state index in [0.717, 1.165) is 0 Å². The molecule has 2 aliphatic rings. The van der Waals surface area contributed by atoms with E-state index in [0.29, 0.717) is 35.1 Å². The lowest BCUT2D eigenvalue weighted by atomic mass is 9.79. The van der Waals surface area contributed by atoms with E-state index in [2.05, 4.69) is 10.6 Å². The molecule has 8 heteroatoms. The highest BCUT2D eigenvalue weighted by atomic mass is 35.5. The molecule has 0 aromatic carbocycles. The molecule has 1 unspecified atom stereocenters. The first kappa shape index (κ1) is 15.3. The van der Waals surface area contributed by atoms with Gasteiger partial charge in [0.15, 0.2) is 0 Å². The molecule has 22 heavy (non-hydrogen) atoms. The zero-order valence-corrected chi connectivity index (χ0v) is 13.6. The van der Waals surface area contributed by atoms with Crippen LogP contribution in [0.4, 0.5) is 4.79 Å². The number of likely N-dealkylation sites (tertiary alicyclic amines) is 1. The third kappa shape index (κ3) is 2.59. The van der Waals surface area contributed by atoms with Gasteiger partial charge in [0, 0.05) is 13.1 Å². The molecule has 2 saturated heterocycles. The third-order valence-corrected chi connectivity index (χ3v) is 5.67. The molecule has 3 heterocycles. The fourth-order valence-corrected chi connectivity index (χ4v) is 4.10. The second-order valence-corrected chi connectivity index (χ2v) is 7.50. The molecule has 2 fully saturated rings. The average Bonchev–Trinajstić information content (AvgIpc) is 3.03. The second kappa shape index (κ2) is 5.55. The van der Waals surface area contributed by atoms with Gasteiger partial charge in [0.2, 0.25) is 0 Å². The maximum Gasteiger partial charge on any atom is 0.322 e. The Labute approximate surface area is 136 Å². The predicted octanol–water partition coefficient (Wildman–Crippen LogP) is 1.85. The molecule has 1 aromatic heterocycles. The third-order valence-electron chi connectivity index (χ3n) is 4.45. The van der Waals surface area contributed by atoms with Crippen LogP contribution in [0.3, 0.4) is 0 Å². The Morgan fingerprint density at radius 2 is 2.05 bits per heavy atom. The van der Waals surface area contributed by atoms with Crippen molar-refractivity contribution in [3.8, 4) is 0 Å². The van der Waals surface area contributed by atoms with Gasteiger partial charge in [-0.05, 0) is 37.8 Å². The summed E-state index contributed by atoms with van der Waals surface area (Å²) in [5, 5.41) is 5.00. The van der Waals surface area contributed by atoms with Crippen LogP contribution in [0.1, 0.15) is 29.4 Å². The van der Waals surface area contributed by atoms with Crippen LogP contribution >= 0.6 is 22.9 Å². The standard InChI is InChI=1S/C14H16ClN3O3S/c1-14(12(20)16-13(21)17-14)8-4-6-18(7-5-8)11(19)9-2-3-10(15)22-9/h2-3,8H,4-7H2,1H3,(H2,16,17,20,21). The SMILES string of the molecule is CC1(C2CCN(C(=O)c3ccc(Cl)s3)CC2)NC(=O)NC1=O. The normalized spacial score (nSPS) is 26.0. The van der Waals surface area contributed by atoms with Crippen LogP contribution in [0.25, 0.3) is 0 Å². The molecule has 0 radical (unpaired) electrons. The highest BCUT2D eigenvalue weighted by Gasteiger charge is 2.48. The molecule has 1 atom stereocenters. The van der Waals surface area contributed by atoms with Crippen LogP contribution in [0.15, 0.2) is 12.1 Å². The minimum Gasteiger partial charge on any atom is -0.338 e. The van der Waals surface area contributed by atoms with Gasteiger partial charge in [-0.15, -0.1) is 11.3 Å². The minimum atomic E-state index is -0.877. The molecule has 2 N–H and O–H groups in total. The van der Waals surface area contributed by atoms with Crippen molar-refractivity contribution in [3.63, 3.8) is 0 Å². The molecule has 1 aromatic rings. The number of thiophene rings is 1. The van der Waals surface area contributed by atoms with E-state index in [9.17, 15) is 14.4 Å². The maximum atomic E-state index is 12.4. The number of rotatable bonds is 2. The fraction of sp³-hybridized carbons (Fsp3) is 0.500. The van der Waals surface area contributed by atoms with E-state index in [4.69, 9.17) is 11.6 Å². The molecular weight excluding hydrogens is 326 g/mol. The summed E-state index contributed by atoms with van der Waals surface area (Å²) in [6, 6.07) is 3.00. The van der Waals surface area contributed by atoms with Crippen molar-refractivity contribution in [2.45, 2.75) is 25.3 Å². The molecule has 0 aliphatic carbocycles. The van der Waals surface area contributed by atoms with E-state index in [-0.39, 0.29) is 17.7 Å². The first-order valence-electron chi connectivity index (χ1n) is 7.08. The zero-order valence-electron chi connectivity index (χ0n) is 12.0. The molecule has 6 nitrogen and oxygen atoms in total. The van der Waals surface area contributed by atoms with Crippen LogP contribution in [0, 0.1) is 5.92 Å². The number of amides is 4. The van der Waals surface area contributed by atoms with Crippen molar-refractivity contribution in [3.05, 3.63) is 21.3 Å². The first-order valence-corrected chi connectivity index (χ1v) is 8.28. The summed E-state index contributed by atoms with van der Waals surface area (Å²) in [6.07, 6.45) is 1.35. The Kier molecular flexibility index (Phi) is 3.86. The lowest BCUT2D eigenvalue weighted by molar-refractivity contribution is -0.125. The maximum absolute atomic E-state index is 12.4. The van der Waals surface area contributed by atoms with Gasteiger partial charge in [0.25, 0.3) is 11.8 Å². The molecular formula is C14H16ClN3O3S. The largest absolute Gasteiger partial charge is 0.338 e. The Hall–Kier alpha value is -1.60. The van der Waals surface area contributed by atoms with E-state index < -0.39 is 11.6 Å². The van der Waals surface area contributed by atoms with Gasteiger partial charge in [0.1, 0.15) is 5.54 Å². The number of imide groups is 1. The number of urea groups is 1. The summed E-state index contributed by atoms with van der Waals surface area (Å²) in [5.41, 5.74) is -0.877. The van der Waals surface area contributed by atoms with Gasteiger partial charge in [-0.2, -0.15) is 0 Å². The molecule has 4 amide bonds. The van der Waals surface area contributed by atoms with E-state index >= 15 is 0 Å². The quantitative estimate of drug-likeness (QED) is 0.806. The molecule has 3 rings (SSSR count). The summed E-state index contributed by atoms with van der Waals surface area (Å²) in [7, 11) is 0. The van der Waals surface area contributed by atoms with Crippen molar-refractivity contribution in [1.29, 1.82) is 0 Å². The van der Waals surface area contributed by atoms with Gasteiger partial charge in [0.05, 0.1) is 9.21 Å². The molecule has 0 spiro atoms. The number of hydrogen-bond donors (Lipinski definition) is 2. The Morgan fingerprint density at radius 3 is 2.55 bits per heavy atom. The van der Waals surface area contributed by atoms with Gasteiger partial charge >= 0.3 is 6.03 Å². The van der Waals surface area contributed by atoms with Crippen LogP contribution in [-0.2, 0) is 4.79 Å². The minimum absolute atomic E-state index is 0.0231. The topological polar surface area (TPSA) is 78.5 Å². The summed E-state index contributed by atoms with van der Waals surface area (Å²) in [5.74, 6) is -0.289. The van der Waals surface area contributed by atoms with Crippen molar-refractivity contribution in [2.75, 3.05) is 13.1 Å². The lowest BCUT2D eigenvalue weighted by Crippen LogP contribution is -2.54. The average molecular weight is 342 g/mol. The van der Waals surface area contributed by atoms with E-state index in [1.807, 2.05) is 0 Å². The summed E-state index contributed by atoms with van der Waals surface area (Å²) >= 11 is 7.13. The number of hydrogen-bond acceptors (Lipinski definition) is 4. The smallest absolute Gasteiger partial charge is 0.322 e. The molecule has 0 saturated carbocycles. The van der Waals surface area contributed by atoms with Gasteiger partial charge < -0.3 is 10.2 Å². The summed E-state index contributed by atoms with van der Waals surface area (Å²) in [6.45, 7) is 2.88. The molecule has 118 valence electrons. The number of halogens is 1. The van der Waals surface area contributed by atoms with Crippen LogP contribution in [0.2, 0.25) is 4.34 Å². The first-order chi connectivity index (χ1) is 10.4. The number of nitrogens with zero attached hydrogens (tertiary/aromatic N) is 1. The number of nitrogens with one attached hydrogen (secondary N) is 2. The highest BCUT2D eigenvalue weighted by molar-refractivity contribution is 7.17. The number of carbonyl (C=O) groups excluding carboxylic acids is 3. The Morgan fingerprint density at radius 1 is 1.36 bits per heavy atom. The van der Waals surface area contributed by atoms with E-state index in [1.165, 1.54) is 11.3 Å². The molecule has 0 bridgehead atoms. The number of piperidine rings is 1. The van der Waals surface area contributed by atoms with Crippen molar-refractivity contribution in [2.24, 2.45) is 5.92 Å². The van der Waals surface area contributed by atoms with Crippen molar-refractivity contribution in [1.82, 2.24) is 15.5 Å². The lowest BCUT2D eigenvalue weighted by Gasteiger charge is -2.38. The highest BCUT2D eigenvalue weighted by Crippen LogP contribution is 2.32. The van der Waals surface area contributed by atoms with Crippen LogP contribution in [-0.4, -0.2) is 41.4 Å². The Balaban J connectivity index is 1.64. The van der Waals surface area contributed by atoms with Crippen molar-refractivity contribution >= 4 is 40.8 Å². The zero-order chi connectivity index (χ0) is 15.9. The van der Waals surface area contributed by atoms with E-state index in [1.54, 1.807) is 24.0 Å².